The van der Waals surface area contributed by atoms with Crippen LogP contribution >= 0.6 is 27.5 Å². The van der Waals surface area contributed by atoms with Gasteiger partial charge in [0.05, 0.1) is 23.1 Å². The van der Waals surface area contributed by atoms with E-state index in [9.17, 15) is 13.7 Å². The standard InChI is InChI=1S/C18H15BrClNO4S/c1-3-25-18-16(19)9-12(10-17(18)24-2)8-15(11-21)26(22,23)14-6-4-13(20)5-7-14/h4-10H,3H2,1-2H3. The van der Waals surface area contributed by atoms with Gasteiger partial charge in [0.25, 0.3) is 0 Å². The average Bonchev–Trinajstić information content (AvgIpc) is 2.61. The smallest absolute Gasteiger partial charge is 0.216 e. The van der Waals surface area contributed by atoms with Crippen LogP contribution in [0.5, 0.6) is 11.5 Å². The number of hydrogen-bond acceptors (Lipinski definition) is 5. The topological polar surface area (TPSA) is 76.4 Å². The normalized spacial score (nSPS) is 11.7. The lowest BCUT2D eigenvalue weighted by atomic mass is 10.2. The van der Waals surface area contributed by atoms with Crippen molar-refractivity contribution in [2.24, 2.45) is 0 Å². The molecule has 136 valence electrons. The summed E-state index contributed by atoms with van der Waals surface area (Å²) in [4.78, 5) is -0.399. The van der Waals surface area contributed by atoms with Gasteiger partial charge < -0.3 is 9.47 Å². The van der Waals surface area contributed by atoms with Gasteiger partial charge in [-0.1, -0.05) is 11.6 Å². The minimum Gasteiger partial charge on any atom is -0.493 e. The summed E-state index contributed by atoms with van der Waals surface area (Å²) in [6, 6.07) is 10.6. The van der Waals surface area contributed by atoms with Gasteiger partial charge >= 0.3 is 0 Å². The number of methoxy groups -OCH3 is 1. The minimum absolute atomic E-state index is 0.00772. The maximum atomic E-state index is 12.7. The highest BCUT2D eigenvalue weighted by molar-refractivity contribution is 9.10. The van der Waals surface area contributed by atoms with Gasteiger partial charge in [0.2, 0.25) is 9.84 Å². The predicted octanol–water partition coefficient (Wildman–Crippen LogP) is 4.85. The first-order valence-electron chi connectivity index (χ1n) is 7.46. The third kappa shape index (κ3) is 4.39. The average molecular weight is 457 g/mol. The Bertz CT molecular complexity index is 979. The molecule has 0 bridgehead atoms. The monoisotopic (exact) mass is 455 g/mol. The summed E-state index contributed by atoms with van der Waals surface area (Å²) in [6.45, 7) is 2.28. The second-order valence-electron chi connectivity index (χ2n) is 5.04. The van der Waals surface area contributed by atoms with E-state index in [0.29, 0.717) is 33.2 Å². The maximum absolute atomic E-state index is 12.7. The van der Waals surface area contributed by atoms with Crippen LogP contribution < -0.4 is 9.47 Å². The lowest BCUT2D eigenvalue weighted by molar-refractivity contribution is 0.309. The van der Waals surface area contributed by atoms with E-state index in [-0.39, 0.29) is 4.90 Å². The van der Waals surface area contributed by atoms with E-state index in [4.69, 9.17) is 21.1 Å². The molecule has 5 nitrogen and oxygen atoms in total. The Balaban J connectivity index is 2.54. The Morgan fingerprint density at radius 3 is 2.50 bits per heavy atom. The highest BCUT2D eigenvalue weighted by atomic mass is 79.9. The van der Waals surface area contributed by atoms with Gasteiger partial charge in [0.15, 0.2) is 11.5 Å². The SMILES string of the molecule is CCOc1c(Br)cc(C=C(C#N)S(=O)(=O)c2ccc(Cl)cc2)cc1OC. The molecule has 2 rings (SSSR count). The van der Waals surface area contributed by atoms with Gasteiger partial charge in [-0.2, -0.15) is 5.26 Å². The Kier molecular flexibility index (Phi) is 6.70. The van der Waals surface area contributed by atoms with Gasteiger partial charge in [-0.25, -0.2) is 8.42 Å². The molecule has 0 spiro atoms. The van der Waals surface area contributed by atoms with Gasteiger partial charge in [-0.05, 0) is 70.9 Å². The van der Waals surface area contributed by atoms with Crippen molar-refractivity contribution < 1.29 is 17.9 Å². The molecule has 0 saturated carbocycles. The summed E-state index contributed by atoms with van der Waals surface area (Å²) in [6.07, 6.45) is 1.28. The maximum Gasteiger partial charge on any atom is 0.216 e. The van der Waals surface area contributed by atoms with Gasteiger partial charge in [-0.3, -0.25) is 0 Å². The molecule has 0 aliphatic heterocycles. The fourth-order valence-electron chi connectivity index (χ4n) is 2.17. The molecule has 0 N–H and O–H groups in total. The number of halogens is 2. The van der Waals surface area contributed by atoms with Crippen molar-refractivity contribution in [2.45, 2.75) is 11.8 Å². The van der Waals surface area contributed by atoms with E-state index in [2.05, 4.69) is 15.9 Å². The van der Waals surface area contributed by atoms with Crippen molar-refractivity contribution >= 4 is 43.4 Å². The Labute approximate surface area is 165 Å². The molecule has 0 aliphatic rings. The van der Waals surface area contributed by atoms with Crippen LogP contribution in [0, 0.1) is 11.3 Å². The zero-order valence-electron chi connectivity index (χ0n) is 14.0. The summed E-state index contributed by atoms with van der Waals surface area (Å²) < 4.78 is 36.8. The molecule has 0 heterocycles. The second-order valence-corrected chi connectivity index (χ2v) is 8.25. The number of ether oxygens (including phenoxy) is 2. The Morgan fingerprint density at radius 2 is 1.96 bits per heavy atom. The summed E-state index contributed by atoms with van der Waals surface area (Å²) in [5, 5.41) is 9.79. The van der Waals surface area contributed by atoms with E-state index in [1.165, 1.54) is 37.5 Å². The van der Waals surface area contributed by atoms with Crippen LogP contribution in [0.25, 0.3) is 6.08 Å². The molecule has 2 aromatic carbocycles. The molecule has 0 aliphatic carbocycles. The molecule has 0 fully saturated rings. The molecule has 2 aromatic rings. The molecular formula is C18H15BrClNO4S. The number of rotatable bonds is 6. The highest BCUT2D eigenvalue weighted by Gasteiger charge is 2.21. The highest BCUT2D eigenvalue weighted by Crippen LogP contribution is 2.37. The van der Waals surface area contributed by atoms with Crippen molar-refractivity contribution in [3.8, 4) is 17.6 Å². The molecule has 0 unspecified atom stereocenters. The summed E-state index contributed by atoms with van der Waals surface area (Å²) in [5.41, 5.74) is 0.478. The minimum atomic E-state index is -3.96. The zero-order chi connectivity index (χ0) is 19.3. The van der Waals surface area contributed by atoms with Crippen LogP contribution in [-0.4, -0.2) is 22.1 Å². The van der Waals surface area contributed by atoms with Crippen molar-refractivity contribution in [1.29, 1.82) is 5.26 Å². The Hall–Kier alpha value is -2.01. The van der Waals surface area contributed by atoms with Gasteiger partial charge in [0, 0.05) is 5.02 Å². The molecule has 26 heavy (non-hydrogen) atoms. The van der Waals surface area contributed by atoms with Gasteiger partial charge in [0.1, 0.15) is 11.0 Å². The molecular weight excluding hydrogens is 442 g/mol. The lowest BCUT2D eigenvalue weighted by Crippen LogP contribution is -2.03. The quantitative estimate of drug-likeness (QED) is 0.581. The largest absolute Gasteiger partial charge is 0.493 e. The zero-order valence-corrected chi connectivity index (χ0v) is 17.2. The molecule has 0 aromatic heterocycles. The number of nitriles is 1. The number of nitrogens with zero attached hydrogens (tertiary/aromatic N) is 1. The van der Waals surface area contributed by atoms with E-state index in [1.54, 1.807) is 18.2 Å². The first kappa shape index (κ1) is 20.3. The van der Waals surface area contributed by atoms with Crippen LogP contribution in [0.4, 0.5) is 0 Å². The third-order valence-corrected chi connectivity index (χ3v) is 5.88. The number of benzene rings is 2. The molecule has 0 radical (unpaired) electrons. The fraction of sp³-hybridized carbons (Fsp3) is 0.167. The van der Waals surface area contributed by atoms with Gasteiger partial charge in [-0.15, -0.1) is 0 Å². The van der Waals surface area contributed by atoms with Crippen molar-refractivity contribution in [2.75, 3.05) is 13.7 Å². The summed E-state index contributed by atoms with van der Waals surface area (Å²) in [5.74, 6) is 0.930. The van der Waals surface area contributed by atoms with Crippen molar-refractivity contribution in [3.05, 3.63) is 56.4 Å². The van der Waals surface area contributed by atoms with E-state index >= 15 is 0 Å². The number of hydrogen-bond donors (Lipinski definition) is 0. The summed E-state index contributed by atoms with van der Waals surface area (Å²) in [7, 11) is -2.49. The fourth-order valence-corrected chi connectivity index (χ4v) is 4.03. The molecule has 8 heteroatoms. The molecule has 0 amide bonds. The van der Waals surface area contributed by atoms with E-state index in [1.807, 2.05) is 6.92 Å². The van der Waals surface area contributed by atoms with Crippen molar-refractivity contribution in [1.82, 2.24) is 0 Å². The third-order valence-electron chi connectivity index (χ3n) is 3.36. The summed E-state index contributed by atoms with van der Waals surface area (Å²) >= 11 is 9.16. The van der Waals surface area contributed by atoms with Crippen LogP contribution in [0.15, 0.2) is 50.7 Å². The van der Waals surface area contributed by atoms with Crippen LogP contribution in [0.2, 0.25) is 5.02 Å². The van der Waals surface area contributed by atoms with Crippen LogP contribution in [0.1, 0.15) is 12.5 Å². The van der Waals surface area contributed by atoms with E-state index < -0.39 is 14.7 Å². The van der Waals surface area contributed by atoms with Crippen LogP contribution in [-0.2, 0) is 9.84 Å². The number of allylic oxidation sites excluding steroid dienone is 1. The lowest BCUT2D eigenvalue weighted by Gasteiger charge is -2.12. The molecule has 0 atom stereocenters. The molecule has 0 saturated heterocycles. The van der Waals surface area contributed by atoms with E-state index in [0.717, 1.165) is 0 Å². The van der Waals surface area contributed by atoms with Crippen LogP contribution in [0.3, 0.4) is 0 Å². The number of sulfone groups is 1. The van der Waals surface area contributed by atoms with Crippen molar-refractivity contribution in [3.63, 3.8) is 0 Å². The Morgan fingerprint density at radius 1 is 1.31 bits per heavy atom. The second kappa shape index (κ2) is 8.58. The predicted molar refractivity (Wildman–Crippen MR) is 104 cm³/mol. The first-order valence-corrected chi connectivity index (χ1v) is 10.1. The first-order chi connectivity index (χ1) is 12.3.